The average molecular weight is 350 g/mol. The highest BCUT2D eigenvalue weighted by molar-refractivity contribution is 7.99. The number of hydrogen-bond acceptors (Lipinski definition) is 3. The van der Waals surface area contributed by atoms with E-state index in [1.54, 1.807) is 11.1 Å². The first-order valence-corrected chi connectivity index (χ1v) is 10.7. The van der Waals surface area contributed by atoms with E-state index in [9.17, 15) is 0 Å². The Hall–Kier alpha value is -0.510. The third-order valence-corrected chi connectivity index (χ3v) is 6.39. The van der Waals surface area contributed by atoms with E-state index in [4.69, 9.17) is 10.8 Å². The van der Waals surface area contributed by atoms with Gasteiger partial charge in [0, 0.05) is 6.61 Å². The molecule has 2 nitrogen and oxygen atoms in total. The van der Waals surface area contributed by atoms with E-state index in [-0.39, 0.29) is 6.61 Å². The Bertz CT molecular complexity index is 489. The fraction of sp³-hybridized carbons (Fsp3) is 0.714. The Morgan fingerprint density at radius 2 is 2.08 bits per heavy atom. The first-order chi connectivity index (χ1) is 11.6. The van der Waals surface area contributed by atoms with Crippen molar-refractivity contribution in [1.29, 1.82) is 0 Å². The predicted molar refractivity (Wildman–Crippen MR) is 107 cm³/mol. The average Bonchev–Trinajstić information content (AvgIpc) is 2.58. The molecule has 136 valence electrons. The molecule has 2 rings (SSSR count). The summed E-state index contributed by atoms with van der Waals surface area (Å²) in [5.74, 6) is 2.61. The molecular formula is C21H35NOS. The van der Waals surface area contributed by atoms with Crippen LogP contribution in [0.5, 0.6) is 0 Å². The third-order valence-electron chi connectivity index (χ3n) is 5.25. The molecule has 0 amide bonds. The van der Waals surface area contributed by atoms with Gasteiger partial charge in [-0.05, 0) is 84.6 Å². The van der Waals surface area contributed by atoms with E-state index in [1.165, 1.54) is 37.0 Å². The van der Waals surface area contributed by atoms with E-state index in [0.29, 0.717) is 12.5 Å². The number of nitrogens with two attached hydrogens (primary N) is 1. The van der Waals surface area contributed by atoms with Crippen LogP contribution in [0.3, 0.4) is 0 Å². The number of thioether (sulfide) groups is 1. The summed E-state index contributed by atoms with van der Waals surface area (Å²) >= 11 is 2.09. The minimum Gasteiger partial charge on any atom is -0.396 e. The lowest BCUT2D eigenvalue weighted by atomic mass is 9.80. The highest BCUT2D eigenvalue weighted by atomic mass is 32.2. The van der Waals surface area contributed by atoms with Crippen molar-refractivity contribution < 1.29 is 5.11 Å². The van der Waals surface area contributed by atoms with Crippen molar-refractivity contribution in [3.63, 3.8) is 0 Å². The van der Waals surface area contributed by atoms with E-state index in [0.717, 1.165) is 30.4 Å². The van der Waals surface area contributed by atoms with Crippen LogP contribution in [0.2, 0.25) is 0 Å². The van der Waals surface area contributed by atoms with Crippen LogP contribution in [0.1, 0.15) is 68.6 Å². The Morgan fingerprint density at radius 3 is 2.79 bits per heavy atom. The van der Waals surface area contributed by atoms with Crippen molar-refractivity contribution in [3.05, 3.63) is 34.9 Å². The minimum absolute atomic E-state index is 0.290. The summed E-state index contributed by atoms with van der Waals surface area (Å²) in [6.07, 6.45) is 8.22. The smallest absolute Gasteiger partial charge is 0.0431 e. The normalized spacial score (nSPS) is 18.6. The molecule has 2 atom stereocenters. The number of aliphatic hydroxyl groups excluding tert-OH is 1. The zero-order valence-corrected chi connectivity index (χ0v) is 16.3. The monoisotopic (exact) mass is 349 g/mol. The minimum atomic E-state index is 0.290. The SMILES string of the molecule is CC(C)SCC[C@H]1CCc2cc([C@H](CN)CCCCO)ccc2C1. The van der Waals surface area contributed by atoms with E-state index < -0.39 is 0 Å². The number of benzene rings is 1. The largest absolute Gasteiger partial charge is 0.396 e. The summed E-state index contributed by atoms with van der Waals surface area (Å²) in [4.78, 5) is 0. The van der Waals surface area contributed by atoms with Crippen LogP contribution in [0.25, 0.3) is 0 Å². The molecule has 0 unspecified atom stereocenters. The standard InChI is InChI=1S/C21H35NOS/c1-16(2)24-12-10-17-6-7-19-14-20(9-8-18(19)13-17)21(15-22)5-3-4-11-23/h8-9,14,16-17,21,23H,3-7,10-13,15,22H2,1-2H3/t17-,21+/m1/s1. The molecule has 24 heavy (non-hydrogen) atoms. The molecule has 0 heterocycles. The van der Waals surface area contributed by atoms with Gasteiger partial charge in [0.05, 0.1) is 0 Å². The van der Waals surface area contributed by atoms with Gasteiger partial charge in [0.15, 0.2) is 0 Å². The second-order valence-electron chi connectivity index (χ2n) is 7.50. The van der Waals surface area contributed by atoms with Crippen molar-refractivity contribution in [1.82, 2.24) is 0 Å². The van der Waals surface area contributed by atoms with Crippen LogP contribution in [-0.2, 0) is 12.8 Å². The predicted octanol–water partition coefficient (Wildman–Crippen LogP) is 4.53. The Kier molecular flexibility index (Phi) is 8.65. The van der Waals surface area contributed by atoms with Crippen LogP contribution < -0.4 is 5.73 Å². The molecule has 1 aliphatic carbocycles. The van der Waals surface area contributed by atoms with Crippen LogP contribution in [0.4, 0.5) is 0 Å². The van der Waals surface area contributed by atoms with Gasteiger partial charge in [-0.25, -0.2) is 0 Å². The van der Waals surface area contributed by atoms with Gasteiger partial charge >= 0.3 is 0 Å². The Balaban J connectivity index is 1.92. The summed E-state index contributed by atoms with van der Waals surface area (Å²) in [6, 6.07) is 7.09. The van der Waals surface area contributed by atoms with E-state index >= 15 is 0 Å². The first-order valence-electron chi connectivity index (χ1n) is 9.68. The quantitative estimate of drug-likeness (QED) is 0.610. The second kappa shape index (κ2) is 10.5. The van der Waals surface area contributed by atoms with Crippen molar-refractivity contribution in [2.24, 2.45) is 11.7 Å². The maximum Gasteiger partial charge on any atom is 0.0431 e. The topological polar surface area (TPSA) is 46.2 Å². The number of unbranched alkanes of at least 4 members (excludes halogenated alkanes) is 1. The molecule has 3 N–H and O–H groups in total. The zero-order chi connectivity index (χ0) is 17.4. The molecule has 0 fully saturated rings. The summed E-state index contributed by atoms with van der Waals surface area (Å²) in [7, 11) is 0. The molecule has 1 aromatic rings. The number of aliphatic hydroxyl groups is 1. The maximum atomic E-state index is 8.96. The number of aryl methyl sites for hydroxylation is 1. The molecule has 0 aromatic heterocycles. The van der Waals surface area contributed by atoms with E-state index in [1.807, 2.05) is 0 Å². The molecule has 0 saturated carbocycles. The molecule has 3 heteroatoms. The van der Waals surface area contributed by atoms with Gasteiger partial charge in [-0.3, -0.25) is 0 Å². The summed E-state index contributed by atoms with van der Waals surface area (Å²) < 4.78 is 0. The Morgan fingerprint density at radius 1 is 1.25 bits per heavy atom. The lowest BCUT2D eigenvalue weighted by Gasteiger charge is -2.26. The lowest BCUT2D eigenvalue weighted by molar-refractivity contribution is 0.281. The fourth-order valence-corrected chi connectivity index (χ4v) is 4.69. The maximum absolute atomic E-state index is 8.96. The fourth-order valence-electron chi connectivity index (χ4n) is 3.74. The first kappa shape index (κ1) is 19.8. The molecule has 0 radical (unpaired) electrons. The molecule has 1 aromatic carbocycles. The molecule has 0 saturated heterocycles. The zero-order valence-electron chi connectivity index (χ0n) is 15.5. The van der Waals surface area contributed by atoms with Gasteiger partial charge in [-0.2, -0.15) is 11.8 Å². The van der Waals surface area contributed by atoms with Crippen molar-refractivity contribution in [2.45, 2.75) is 70.0 Å². The van der Waals surface area contributed by atoms with Gasteiger partial charge < -0.3 is 10.8 Å². The molecule has 0 bridgehead atoms. The van der Waals surface area contributed by atoms with Crippen LogP contribution >= 0.6 is 11.8 Å². The van der Waals surface area contributed by atoms with Crippen molar-refractivity contribution >= 4 is 11.8 Å². The highest BCUT2D eigenvalue weighted by Crippen LogP contribution is 2.32. The molecule has 0 aliphatic heterocycles. The third kappa shape index (κ3) is 6.09. The van der Waals surface area contributed by atoms with Gasteiger partial charge in [-0.15, -0.1) is 0 Å². The Labute approximate surface area is 152 Å². The van der Waals surface area contributed by atoms with Gasteiger partial charge in [-0.1, -0.05) is 38.5 Å². The van der Waals surface area contributed by atoms with Gasteiger partial charge in [0.25, 0.3) is 0 Å². The molecular weight excluding hydrogens is 314 g/mol. The van der Waals surface area contributed by atoms with E-state index in [2.05, 4.69) is 43.8 Å². The van der Waals surface area contributed by atoms with Crippen LogP contribution in [-0.4, -0.2) is 29.3 Å². The van der Waals surface area contributed by atoms with Crippen molar-refractivity contribution in [2.75, 3.05) is 18.9 Å². The number of rotatable bonds is 10. The second-order valence-corrected chi connectivity index (χ2v) is 9.18. The van der Waals surface area contributed by atoms with Crippen LogP contribution in [0, 0.1) is 5.92 Å². The van der Waals surface area contributed by atoms with Crippen LogP contribution in [0.15, 0.2) is 18.2 Å². The van der Waals surface area contributed by atoms with Gasteiger partial charge in [0.1, 0.15) is 0 Å². The number of hydrogen-bond donors (Lipinski definition) is 2. The summed E-state index contributed by atoms with van der Waals surface area (Å²) in [6.45, 7) is 5.57. The van der Waals surface area contributed by atoms with Crippen molar-refractivity contribution in [3.8, 4) is 0 Å². The highest BCUT2D eigenvalue weighted by Gasteiger charge is 2.20. The number of fused-ring (bicyclic) bond motifs is 1. The molecule has 1 aliphatic rings. The van der Waals surface area contributed by atoms with Gasteiger partial charge in [0.2, 0.25) is 0 Å². The molecule has 0 spiro atoms. The summed E-state index contributed by atoms with van der Waals surface area (Å²) in [5, 5.41) is 9.72. The lowest BCUT2D eigenvalue weighted by Crippen LogP contribution is -2.17. The summed E-state index contributed by atoms with van der Waals surface area (Å²) in [5.41, 5.74) is 10.5.